The van der Waals surface area contributed by atoms with E-state index in [-0.39, 0.29) is 19.4 Å². The van der Waals surface area contributed by atoms with Crippen LogP contribution in [-0.2, 0) is 15.3 Å². The number of pyridine rings is 1. The number of hydrogen-bond donors (Lipinski definition) is 0. The van der Waals surface area contributed by atoms with E-state index < -0.39 is 26.5 Å². The number of aryl methyl sites for hydroxylation is 1. The van der Waals surface area contributed by atoms with E-state index in [1.54, 1.807) is 36.7 Å². The van der Waals surface area contributed by atoms with E-state index in [1.807, 2.05) is 12.6 Å². The van der Waals surface area contributed by atoms with Crippen LogP contribution in [0.2, 0.25) is 12.6 Å². The lowest BCUT2D eigenvalue weighted by Gasteiger charge is -2.24. The van der Waals surface area contributed by atoms with Crippen molar-refractivity contribution < 1.29 is 26.8 Å². The molecule has 3 aromatic rings. The summed E-state index contributed by atoms with van der Waals surface area (Å²) in [7, 11) is 0.622. The summed E-state index contributed by atoms with van der Waals surface area (Å²) in [5, 5.41) is 0.737. The van der Waals surface area contributed by atoms with Crippen molar-refractivity contribution in [1.29, 1.82) is 0 Å². The average molecular weight is 534 g/mol. The third-order valence-corrected chi connectivity index (χ3v) is 9.68. The van der Waals surface area contributed by atoms with E-state index >= 15 is 0 Å². The third kappa shape index (κ3) is 7.93. The molecule has 0 saturated heterocycles. The fraction of sp³-hybridized carbons (Fsp3) is 0.500. The van der Waals surface area contributed by atoms with Gasteiger partial charge in [0.25, 0.3) is 0 Å². The summed E-state index contributed by atoms with van der Waals surface area (Å²) in [5.74, 6) is 0.423. The number of halogens is 2. The molecule has 2 aromatic heterocycles. The SMILES string of the molecule is CCCCCc1ccncc1-c1cc2ccc(OCCC(F)C(F)CC[Si](C)(OC)OC)cc2oc1=O. The standard InChI is InChI=1S/C28H37F2NO5Si/c1-5-6-7-8-20-11-14-31-19-24(20)23-17-21-9-10-22(18-27(21)36-28(23)32)35-15-12-25(29)26(30)13-16-37(4,33-2)34-3/h9-11,14,17-19,25-26H,5-8,12-13,15-16H2,1-4H3. The Morgan fingerprint density at radius 1 is 1.03 bits per heavy atom. The number of nitrogens with zero attached hydrogens (tertiary/aromatic N) is 1. The number of benzene rings is 1. The molecule has 0 saturated carbocycles. The summed E-state index contributed by atoms with van der Waals surface area (Å²) in [6.07, 6.45) is 4.25. The first-order chi connectivity index (χ1) is 17.8. The van der Waals surface area contributed by atoms with Crippen molar-refractivity contribution in [2.75, 3.05) is 20.8 Å². The second-order valence-corrected chi connectivity index (χ2v) is 13.0. The largest absolute Gasteiger partial charge is 0.493 e. The molecule has 0 aliphatic rings. The minimum absolute atomic E-state index is 0.00450. The molecule has 2 unspecified atom stereocenters. The highest BCUT2D eigenvalue weighted by Crippen LogP contribution is 2.27. The molecule has 0 aliphatic carbocycles. The molecule has 37 heavy (non-hydrogen) atoms. The summed E-state index contributed by atoms with van der Waals surface area (Å²) < 4.78 is 50.5. The molecule has 0 radical (unpaired) electrons. The zero-order valence-corrected chi connectivity index (χ0v) is 23.1. The summed E-state index contributed by atoms with van der Waals surface area (Å²) in [4.78, 5) is 17.0. The molecule has 3 rings (SSSR count). The van der Waals surface area contributed by atoms with Gasteiger partial charge >= 0.3 is 14.2 Å². The molecule has 1 aromatic carbocycles. The normalized spacial score (nSPS) is 13.6. The summed E-state index contributed by atoms with van der Waals surface area (Å²) in [5.41, 5.74) is 2.23. The minimum Gasteiger partial charge on any atom is -0.493 e. The topological polar surface area (TPSA) is 70.8 Å². The van der Waals surface area contributed by atoms with E-state index in [1.165, 1.54) is 14.2 Å². The van der Waals surface area contributed by atoms with Crippen LogP contribution < -0.4 is 10.4 Å². The molecule has 0 bridgehead atoms. The van der Waals surface area contributed by atoms with Crippen LogP contribution in [0.25, 0.3) is 22.1 Å². The van der Waals surface area contributed by atoms with Crippen molar-refractivity contribution >= 4 is 19.5 Å². The molecule has 0 fully saturated rings. The summed E-state index contributed by atoms with van der Waals surface area (Å²) in [6, 6.07) is 9.23. The monoisotopic (exact) mass is 533 g/mol. The lowest BCUT2D eigenvalue weighted by atomic mass is 9.98. The molecule has 0 N–H and O–H groups in total. The number of hydrogen-bond acceptors (Lipinski definition) is 6. The molecule has 0 aliphatic heterocycles. The van der Waals surface area contributed by atoms with Crippen molar-refractivity contribution in [3.63, 3.8) is 0 Å². The average Bonchev–Trinajstić information content (AvgIpc) is 2.91. The molecule has 2 atom stereocenters. The van der Waals surface area contributed by atoms with Crippen LogP contribution in [0.5, 0.6) is 5.75 Å². The predicted octanol–water partition coefficient (Wildman–Crippen LogP) is 6.79. The van der Waals surface area contributed by atoms with Gasteiger partial charge in [0.05, 0.1) is 12.2 Å². The van der Waals surface area contributed by atoms with Gasteiger partial charge < -0.3 is 18.0 Å². The molecule has 9 heteroatoms. The van der Waals surface area contributed by atoms with Gasteiger partial charge in [0.2, 0.25) is 0 Å². The third-order valence-electron chi connectivity index (χ3n) is 6.75. The van der Waals surface area contributed by atoms with E-state index in [0.29, 0.717) is 22.9 Å². The van der Waals surface area contributed by atoms with Crippen molar-refractivity contribution in [3.8, 4) is 16.9 Å². The highest BCUT2D eigenvalue weighted by atomic mass is 28.4. The number of rotatable bonds is 15. The fourth-order valence-electron chi connectivity index (χ4n) is 4.16. The molecular weight excluding hydrogens is 496 g/mol. The quantitative estimate of drug-likeness (QED) is 0.122. The molecule has 0 amide bonds. The smallest absolute Gasteiger partial charge is 0.344 e. The second-order valence-electron chi connectivity index (χ2n) is 9.39. The van der Waals surface area contributed by atoms with Gasteiger partial charge in [-0.05, 0) is 61.7 Å². The zero-order valence-electron chi connectivity index (χ0n) is 22.1. The molecule has 6 nitrogen and oxygen atoms in total. The molecule has 202 valence electrons. The Balaban J connectivity index is 1.64. The number of aromatic nitrogens is 1. The fourth-order valence-corrected chi connectivity index (χ4v) is 5.53. The second kappa shape index (κ2) is 13.8. The molecular formula is C28H37F2NO5Si. The van der Waals surface area contributed by atoms with E-state index in [2.05, 4.69) is 11.9 Å². The maximum absolute atomic E-state index is 14.3. The van der Waals surface area contributed by atoms with Crippen LogP contribution in [0.4, 0.5) is 8.78 Å². The number of ether oxygens (including phenoxy) is 1. The highest BCUT2D eigenvalue weighted by molar-refractivity contribution is 6.65. The minimum atomic E-state index is -2.44. The lowest BCUT2D eigenvalue weighted by Crippen LogP contribution is -2.37. The Kier molecular flexibility index (Phi) is 10.8. The van der Waals surface area contributed by atoms with Crippen molar-refractivity contribution in [3.05, 3.63) is 58.7 Å². The van der Waals surface area contributed by atoms with E-state index in [9.17, 15) is 13.6 Å². The Morgan fingerprint density at radius 3 is 2.51 bits per heavy atom. The lowest BCUT2D eigenvalue weighted by molar-refractivity contribution is 0.130. The van der Waals surface area contributed by atoms with Crippen molar-refractivity contribution in [2.45, 2.75) is 70.4 Å². The van der Waals surface area contributed by atoms with Gasteiger partial charge in [-0.25, -0.2) is 13.6 Å². The number of fused-ring (bicyclic) bond motifs is 1. The van der Waals surface area contributed by atoms with Crippen LogP contribution in [0.1, 0.15) is 44.6 Å². The van der Waals surface area contributed by atoms with Gasteiger partial charge in [-0.3, -0.25) is 4.98 Å². The van der Waals surface area contributed by atoms with Gasteiger partial charge in [0.1, 0.15) is 23.7 Å². The Bertz CT molecular complexity index is 1200. The first-order valence-electron chi connectivity index (χ1n) is 12.8. The van der Waals surface area contributed by atoms with Gasteiger partial charge in [0.15, 0.2) is 0 Å². The first kappa shape index (κ1) is 28.9. The van der Waals surface area contributed by atoms with Crippen LogP contribution in [0, 0.1) is 0 Å². The van der Waals surface area contributed by atoms with Crippen LogP contribution >= 0.6 is 0 Å². The summed E-state index contributed by atoms with van der Waals surface area (Å²) in [6.45, 7) is 3.97. The molecule has 2 heterocycles. The van der Waals surface area contributed by atoms with Crippen molar-refractivity contribution in [2.24, 2.45) is 0 Å². The number of alkyl halides is 2. The first-order valence-corrected chi connectivity index (χ1v) is 15.3. The highest BCUT2D eigenvalue weighted by Gasteiger charge is 2.31. The van der Waals surface area contributed by atoms with Gasteiger partial charge in [-0.2, -0.15) is 0 Å². The van der Waals surface area contributed by atoms with E-state index in [0.717, 1.165) is 42.2 Å². The van der Waals surface area contributed by atoms with Crippen LogP contribution in [0.15, 0.2) is 51.9 Å². The predicted molar refractivity (Wildman–Crippen MR) is 144 cm³/mol. The van der Waals surface area contributed by atoms with Gasteiger partial charge in [-0.1, -0.05) is 19.8 Å². The maximum Gasteiger partial charge on any atom is 0.344 e. The van der Waals surface area contributed by atoms with Crippen LogP contribution in [0.3, 0.4) is 0 Å². The van der Waals surface area contributed by atoms with E-state index in [4.69, 9.17) is 18.0 Å². The van der Waals surface area contributed by atoms with Gasteiger partial charge in [-0.15, -0.1) is 0 Å². The Hall–Kier alpha value is -2.62. The van der Waals surface area contributed by atoms with Crippen LogP contribution in [-0.4, -0.2) is 46.7 Å². The Labute approximate surface area is 218 Å². The Morgan fingerprint density at radius 2 is 1.78 bits per heavy atom. The summed E-state index contributed by atoms with van der Waals surface area (Å²) >= 11 is 0. The van der Waals surface area contributed by atoms with Crippen molar-refractivity contribution in [1.82, 2.24) is 4.98 Å². The zero-order chi connectivity index (χ0) is 26.8. The number of unbranched alkanes of at least 4 members (excludes halogenated alkanes) is 2. The molecule has 0 spiro atoms. The van der Waals surface area contributed by atoms with Gasteiger partial charge in [0, 0.05) is 50.1 Å². The maximum atomic E-state index is 14.3.